The van der Waals surface area contributed by atoms with Crippen LogP contribution < -0.4 is 10.4 Å². The van der Waals surface area contributed by atoms with Crippen molar-refractivity contribution in [2.45, 2.75) is 44.4 Å². The number of rotatable bonds is 10. The maximum Gasteiger partial charge on any atom is 0.347 e. The van der Waals surface area contributed by atoms with Gasteiger partial charge in [-0.05, 0) is 41.0 Å². The number of hydrogen-bond donors (Lipinski definition) is 0. The predicted molar refractivity (Wildman–Crippen MR) is 171 cm³/mol. The molecule has 7 rings (SSSR count). The highest BCUT2D eigenvalue weighted by atomic mass is 35.5. The maximum atomic E-state index is 13.2. The molecular weight excluding hydrogens is 592 g/mol. The third-order valence-corrected chi connectivity index (χ3v) is 8.14. The Bertz CT molecular complexity index is 1840. The number of hydrogen-bond acceptors (Lipinski definition) is 7. The van der Waals surface area contributed by atoms with Gasteiger partial charge in [0.05, 0.1) is 31.8 Å². The van der Waals surface area contributed by atoms with Crippen LogP contribution in [0.3, 0.4) is 0 Å². The van der Waals surface area contributed by atoms with Gasteiger partial charge in [0.25, 0.3) is 0 Å². The van der Waals surface area contributed by atoms with Crippen molar-refractivity contribution < 1.29 is 28.1 Å². The van der Waals surface area contributed by atoms with Gasteiger partial charge in [0.2, 0.25) is 6.29 Å². The van der Waals surface area contributed by atoms with E-state index in [9.17, 15) is 4.79 Å². The Morgan fingerprint density at radius 3 is 2.02 bits per heavy atom. The fraction of sp³-hybridized carbons (Fsp3) is 0.216. The van der Waals surface area contributed by atoms with E-state index < -0.39 is 30.2 Å². The summed E-state index contributed by atoms with van der Waals surface area (Å²) in [5.41, 5.74) is 3.80. The lowest BCUT2D eigenvalue weighted by atomic mass is 9.92. The maximum absolute atomic E-state index is 13.2. The lowest BCUT2D eigenvalue weighted by Crippen LogP contribution is -2.56. The zero-order chi connectivity index (χ0) is 30.6. The van der Waals surface area contributed by atoms with Gasteiger partial charge < -0.3 is 28.1 Å². The van der Waals surface area contributed by atoms with Crippen molar-refractivity contribution in [2.24, 2.45) is 0 Å². The van der Waals surface area contributed by atoms with E-state index in [0.717, 1.165) is 16.7 Å². The zero-order valence-electron chi connectivity index (χ0n) is 24.3. The van der Waals surface area contributed by atoms with E-state index in [2.05, 4.69) is 0 Å². The van der Waals surface area contributed by atoms with E-state index in [1.807, 2.05) is 91.0 Å². The first-order valence-electron chi connectivity index (χ1n) is 14.8. The highest BCUT2D eigenvalue weighted by Crippen LogP contribution is 2.41. The van der Waals surface area contributed by atoms with Gasteiger partial charge in [-0.25, -0.2) is 4.79 Å². The minimum atomic E-state index is -0.857. The van der Waals surface area contributed by atoms with Gasteiger partial charge in [-0.1, -0.05) is 103 Å². The molecule has 2 aliphatic rings. The van der Waals surface area contributed by atoms with Crippen LogP contribution in [0.25, 0.3) is 17.0 Å². The second-order valence-corrected chi connectivity index (χ2v) is 11.5. The van der Waals surface area contributed by atoms with Gasteiger partial charge in [-0.15, -0.1) is 0 Å². The van der Waals surface area contributed by atoms with Gasteiger partial charge in [0, 0.05) is 10.6 Å². The summed E-state index contributed by atoms with van der Waals surface area (Å²) in [7, 11) is 0. The summed E-state index contributed by atoms with van der Waals surface area (Å²) >= 11 is 6.32. The van der Waals surface area contributed by atoms with Crippen LogP contribution in [0.15, 0.2) is 124 Å². The molecule has 1 aromatic heterocycles. The molecule has 45 heavy (non-hydrogen) atoms. The van der Waals surface area contributed by atoms with E-state index in [-0.39, 0.29) is 12.2 Å². The lowest BCUT2D eigenvalue weighted by molar-refractivity contribution is -0.229. The first-order valence-corrected chi connectivity index (χ1v) is 15.2. The second-order valence-electron chi connectivity index (χ2n) is 11.0. The molecule has 0 spiro atoms. The third-order valence-electron chi connectivity index (χ3n) is 7.90. The topological polar surface area (TPSA) is 76.4 Å². The molecule has 8 heteroatoms. The molecule has 228 valence electrons. The highest BCUT2D eigenvalue weighted by Gasteiger charge is 2.47. The monoisotopic (exact) mass is 622 g/mol. The fourth-order valence-electron chi connectivity index (χ4n) is 5.68. The van der Waals surface area contributed by atoms with Gasteiger partial charge in [0.1, 0.15) is 35.2 Å². The van der Waals surface area contributed by atoms with Gasteiger partial charge >= 0.3 is 5.63 Å². The second kappa shape index (κ2) is 13.4. The summed E-state index contributed by atoms with van der Waals surface area (Å²) in [6, 6.07) is 34.8. The van der Waals surface area contributed by atoms with Crippen LogP contribution in [0.5, 0.6) is 5.75 Å². The Hall–Kier alpha value is -4.24. The Morgan fingerprint density at radius 1 is 0.733 bits per heavy atom. The van der Waals surface area contributed by atoms with Crippen molar-refractivity contribution in [3.8, 4) is 5.75 Å². The molecule has 0 unspecified atom stereocenters. The van der Waals surface area contributed by atoms with Crippen LogP contribution in [0.4, 0.5) is 0 Å². The number of fused-ring (bicyclic) bond motifs is 4. The van der Waals surface area contributed by atoms with E-state index in [4.69, 9.17) is 39.7 Å². The van der Waals surface area contributed by atoms with Gasteiger partial charge in [-0.3, -0.25) is 0 Å². The Labute approximate surface area is 265 Å². The van der Waals surface area contributed by atoms with Crippen LogP contribution in [0.1, 0.15) is 22.3 Å². The van der Waals surface area contributed by atoms with Crippen LogP contribution in [-0.2, 0) is 38.8 Å². The van der Waals surface area contributed by atoms with Crippen LogP contribution >= 0.6 is 11.6 Å². The molecule has 4 aromatic carbocycles. The third kappa shape index (κ3) is 6.59. The lowest BCUT2D eigenvalue weighted by Gasteiger charge is -2.44. The summed E-state index contributed by atoms with van der Waals surface area (Å²) in [6.45, 7) is 1.27. The number of ether oxygens (including phenoxy) is 5. The molecule has 3 heterocycles. The van der Waals surface area contributed by atoms with Gasteiger partial charge in [0.15, 0.2) is 0 Å². The summed E-state index contributed by atoms with van der Waals surface area (Å²) in [5, 5.41) is 1.07. The predicted octanol–water partition coefficient (Wildman–Crippen LogP) is 7.33. The summed E-state index contributed by atoms with van der Waals surface area (Å²) < 4.78 is 38.1. The van der Waals surface area contributed by atoms with Crippen LogP contribution in [0, 0.1) is 0 Å². The van der Waals surface area contributed by atoms with Gasteiger partial charge in [-0.2, -0.15) is 0 Å². The summed E-state index contributed by atoms with van der Waals surface area (Å²) in [5.74, 6) is 0.354. The molecule has 0 amide bonds. The standard InChI is InChI=1S/C37H31ClO7/c38-27-16-17-31-28(18-27)33-29(36(39)43-31)19-30-34(41-21-25-12-6-2-7-13-25)35(42-22-26-14-8-3-9-15-26)32(44-37(30)45-33)23-40-20-24-10-4-1-5-11-24/h1-19,32,34-35,37H,20-23H2/t32-,34-,35-,37+/m1/s1. The number of halogens is 1. The van der Waals surface area contributed by atoms with E-state index >= 15 is 0 Å². The average molecular weight is 623 g/mol. The quantitative estimate of drug-likeness (QED) is 0.151. The molecule has 2 aliphatic heterocycles. The van der Waals surface area contributed by atoms with Crippen molar-refractivity contribution in [1.82, 2.24) is 0 Å². The summed E-state index contributed by atoms with van der Waals surface area (Å²) in [4.78, 5) is 13.2. The average Bonchev–Trinajstić information content (AvgIpc) is 3.08. The summed E-state index contributed by atoms with van der Waals surface area (Å²) in [6.07, 6.45) is -0.869. The smallest absolute Gasteiger partial charge is 0.347 e. The normalized spacial score (nSPS) is 20.6. The molecule has 1 fully saturated rings. The first kappa shape index (κ1) is 29.5. The van der Waals surface area contributed by atoms with Crippen LogP contribution in [-0.4, -0.2) is 31.2 Å². The molecule has 0 bridgehead atoms. The molecule has 7 nitrogen and oxygen atoms in total. The van der Waals surface area contributed by atoms with Crippen LogP contribution in [0.2, 0.25) is 5.02 Å². The molecule has 1 saturated heterocycles. The highest BCUT2D eigenvalue weighted by molar-refractivity contribution is 6.31. The Kier molecular flexibility index (Phi) is 8.78. The molecule has 0 radical (unpaired) electrons. The largest absolute Gasteiger partial charge is 0.459 e. The molecule has 0 N–H and O–H groups in total. The molecule has 4 atom stereocenters. The van der Waals surface area contributed by atoms with Crippen molar-refractivity contribution in [1.29, 1.82) is 0 Å². The SMILES string of the molecule is O=c1oc2ccc(Cl)cc2c2c1C=C1[C@H](O2)O[C@H](COCc2ccccc2)[C@@H](OCc2ccccc2)[C@@H]1OCc1ccccc1. The minimum Gasteiger partial charge on any atom is -0.459 e. The van der Waals surface area contributed by atoms with E-state index in [1.165, 1.54) is 0 Å². The number of benzene rings is 4. The van der Waals surface area contributed by atoms with Crippen molar-refractivity contribution in [3.63, 3.8) is 0 Å². The fourth-order valence-corrected chi connectivity index (χ4v) is 5.85. The van der Waals surface area contributed by atoms with E-state index in [1.54, 1.807) is 24.3 Å². The Morgan fingerprint density at radius 2 is 1.36 bits per heavy atom. The molecule has 0 aliphatic carbocycles. The van der Waals surface area contributed by atoms with E-state index in [0.29, 0.717) is 47.1 Å². The first-order chi connectivity index (χ1) is 22.1. The minimum absolute atomic E-state index is 0.225. The zero-order valence-corrected chi connectivity index (χ0v) is 25.1. The molecular formula is C37H31ClO7. The molecule has 0 saturated carbocycles. The Balaban J connectivity index is 1.26. The van der Waals surface area contributed by atoms with Crippen molar-refractivity contribution in [2.75, 3.05) is 6.61 Å². The molecule has 5 aromatic rings. The van der Waals surface area contributed by atoms with Crippen molar-refractivity contribution >= 4 is 28.6 Å². The van der Waals surface area contributed by atoms with Crippen molar-refractivity contribution in [3.05, 3.63) is 152 Å².